The van der Waals surface area contributed by atoms with Gasteiger partial charge in [0, 0.05) is 18.0 Å². The predicted octanol–water partition coefficient (Wildman–Crippen LogP) is 3.22. The highest BCUT2D eigenvalue weighted by molar-refractivity contribution is 5.97. The van der Waals surface area contributed by atoms with Crippen LogP contribution in [0.3, 0.4) is 0 Å². The quantitative estimate of drug-likeness (QED) is 0.710. The van der Waals surface area contributed by atoms with Gasteiger partial charge in [0.25, 0.3) is 0 Å². The molecule has 0 saturated carbocycles. The summed E-state index contributed by atoms with van der Waals surface area (Å²) in [5.74, 6) is 0.128. The van der Waals surface area contributed by atoms with E-state index in [1.54, 1.807) is 6.20 Å². The monoisotopic (exact) mass is 199 g/mol. The summed E-state index contributed by atoms with van der Waals surface area (Å²) in [7, 11) is 0. The smallest absolute Gasteiger partial charge is 0.181 e. The van der Waals surface area contributed by atoms with E-state index < -0.39 is 0 Å². The van der Waals surface area contributed by atoms with Crippen molar-refractivity contribution in [1.29, 1.82) is 0 Å². The van der Waals surface area contributed by atoms with Crippen molar-refractivity contribution in [2.75, 3.05) is 0 Å². The van der Waals surface area contributed by atoms with Crippen molar-refractivity contribution in [2.45, 2.75) is 19.8 Å². The van der Waals surface area contributed by atoms with Crippen LogP contribution in [0.2, 0.25) is 0 Å². The summed E-state index contributed by atoms with van der Waals surface area (Å²) in [4.78, 5) is 15.8. The first-order chi connectivity index (χ1) is 7.31. The Bertz CT molecular complexity index is 491. The number of pyridine rings is 1. The van der Waals surface area contributed by atoms with Gasteiger partial charge in [-0.1, -0.05) is 31.2 Å². The van der Waals surface area contributed by atoms with E-state index in [0.717, 1.165) is 17.2 Å². The van der Waals surface area contributed by atoms with Crippen LogP contribution in [-0.2, 0) is 0 Å². The van der Waals surface area contributed by atoms with Crippen LogP contribution in [0.5, 0.6) is 0 Å². The standard InChI is InChI=1S/C13H13NO/c1-2-5-13(15)12-8-10-6-3-4-7-11(10)9-14-12/h3-4,6-9H,2,5H2,1H3. The van der Waals surface area contributed by atoms with Crippen LogP contribution in [0.4, 0.5) is 0 Å². The van der Waals surface area contributed by atoms with Crippen LogP contribution in [0.1, 0.15) is 30.3 Å². The molecule has 1 aromatic carbocycles. The maximum absolute atomic E-state index is 11.6. The lowest BCUT2D eigenvalue weighted by Crippen LogP contribution is -2.00. The topological polar surface area (TPSA) is 30.0 Å². The van der Waals surface area contributed by atoms with Crippen LogP contribution in [0, 0.1) is 0 Å². The van der Waals surface area contributed by atoms with Crippen molar-refractivity contribution in [1.82, 2.24) is 4.98 Å². The maximum atomic E-state index is 11.6. The van der Waals surface area contributed by atoms with Gasteiger partial charge in [-0.05, 0) is 17.9 Å². The molecule has 0 aliphatic carbocycles. The number of Topliss-reactive ketones (excluding diaryl/α,β-unsaturated/α-hetero) is 1. The highest BCUT2D eigenvalue weighted by Gasteiger charge is 2.06. The molecule has 15 heavy (non-hydrogen) atoms. The van der Waals surface area contributed by atoms with E-state index in [9.17, 15) is 4.79 Å². The largest absolute Gasteiger partial charge is 0.292 e. The molecule has 2 nitrogen and oxygen atoms in total. The minimum atomic E-state index is 0.128. The molecule has 1 heterocycles. The van der Waals surface area contributed by atoms with Crippen molar-refractivity contribution in [3.8, 4) is 0 Å². The lowest BCUT2D eigenvalue weighted by Gasteiger charge is -2.00. The minimum Gasteiger partial charge on any atom is -0.292 e. The second-order valence-corrected chi connectivity index (χ2v) is 3.59. The van der Waals surface area contributed by atoms with E-state index in [1.165, 1.54) is 0 Å². The number of carbonyl (C=O) groups excluding carboxylic acids is 1. The van der Waals surface area contributed by atoms with E-state index in [2.05, 4.69) is 4.98 Å². The second-order valence-electron chi connectivity index (χ2n) is 3.59. The zero-order chi connectivity index (χ0) is 10.7. The Morgan fingerprint density at radius 1 is 1.27 bits per heavy atom. The Hall–Kier alpha value is -1.70. The van der Waals surface area contributed by atoms with Crippen LogP contribution >= 0.6 is 0 Å². The van der Waals surface area contributed by atoms with Gasteiger partial charge in [0.2, 0.25) is 0 Å². The normalized spacial score (nSPS) is 10.5. The molecule has 0 spiro atoms. The van der Waals surface area contributed by atoms with Crippen LogP contribution in [0.25, 0.3) is 10.8 Å². The average Bonchev–Trinajstić information content (AvgIpc) is 2.29. The third kappa shape index (κ3) is 2.04. The lowest BCUT2D eigenvalue weighted by atomic mass is 10.1. The van der Waals surface area contributed by atoms with Gasteiger partial charge in [-0.15, -0.1) is 0 Å². The molecule has 1 aromatic heterocycles. The maximum Gasteiger partial charge on any atom is 0.181 e. The molecule has 0 aliphatic heterocycles. The van der Waals surface area contributed by atoms with Gasteiger partial charge in [-0.2, -0.15) is 0 Å². The first kappa shape index (κ1) is 9.84. The third-order valence-electron chi connectivity index (χ3n) is 2.39. The molecule has 0 fully saturated rings. The fourth-order valence-corrected chi connectivity index (χ4v) is 1.59. The molecular formula is C13H13NO. The summed E-state index contributed by atoms with van der Waals surface area (Å²) in [5.41, 5.74) is 0.579. The number of carbonyl (C=O) groups is 1. The summed E-state index contributed by atoms with van der Waals surface area (Å²) in [6.07, 6.45) is 3.21. The highest BCUT2D eigenvalue weighted by atomic mass is 16.1. The molecule has 0 aliphatic rings. The van der Waals surface area contributed by atoms with Gasteiger partial charge in [-0.3, -0.25) is 9.78 Å². The Morgan fingerprint density at radius 3 is 2.73 bits per heavy atom. The Balaban J connectivity index is 2.42. The second kappa shape index (κ2) is 4.22. The molecule has 76 valence electrons. The van der Waals surface area contributed by atoms with E-state index in [0.29, 0.717) is 12.1 Å². The van der Waals surface area contributed by atoms with Crippen molar-refractivity contribution in [3.05, 3.63) is 42.2 Å². The summed E-state index contributed by atoms with van der Waals surface area (Å²) in [5, 5.41) is 2.15. The number of rotatable bonds is 3. The Morgan fingerprint density at radius 2 is 2.00 bits per heavy atom. The molecule has 2 aromatic rings. The number of aromatic nitrogens is 1. The summed E-state index contributed by atoms with van der Waals surface area (Å²) < 4.78 is 0. The van der Waals surface area contributed by atoms with Crippen molar-refractivity contribution in [2.24, 2.45) is 0 Å². The molecule has 0 radical (unpaired) electrons. The number of benzene rings is 1. The number of nitrogens with zero attached hydrogens (tertiary/aromatic N) is 1. The van der Waals surface area contributed by atoms with Crippen LogP contribution in [-0.4, -0.2) is 10.8 Å². The van der Waals surface area contributed by atoms with E-state index in [-0.39, 0.29) is 5.78 Å². The van der Waals surface area contributed by atoms with E-state index in [1.807, 2.05) is 37.3 Å². The number of hydrogen-bond acceptors (Lipinski definition) is 2. The van der Waals surface area contributed by atoms with Gasteiger partial charge in [0.1, 0.15) is 5.69 Å². The minimum absolute atomic E-state index is 0.128. The molecule has 0 saturated heterocycles. The van der Waals surface area contributed by atoms with Gasteiger partial charge in [-0.25, -0.2) is 0 Å². The van der Waals surface area contributed by atoms with Crippen molar-refractivity contribution in [3.63, 3.8) is 0 Å². The van der Waals surface area contributed by atoms with Gasteiger partial charge in [0.15, 0.2) is 5.78 Å². The van der Waals surface area contributed by atoms with E-state index in [4.69, 9.17) is 0 Å². The molecular weight excluding hydrogens is 186 g/mol. The van der Waals surface area contributed by atoms with Crippen LogP contribution in [0.15, 0.2) is 36.5 Å². The average molecular weight is 199 g/mol. The zero-order valence-corrected chi connectivity index (χ0v) is 8.73. The first-order valence-corrected chi connectivity index (χ1v) is 5.19. The fraction of sp³-hybridized carbons (Fsp3) is 0.231. The van der Waals surface area contributed by atoms with Gasteiger partial charge >= 0.3 is 0 Å². The first-order valence-electron chi connectivity index (χ1n) is 5.19. The highest BCUT2D eigenvalue weighted by Crippen LogP contribution is 2.14. The van der Waals surface area contributed by atoms with Crippen molar-refractivity contribution >= 4 is 16.6 Å². The Labute approximate surface area is 89.0 Å². The molecule has 2 heteroatoms. The fourth-order valence-electron chi connectivity index (χ4n) is 1.59. The number of ketones is 1. The van der Waals surface area contributed by atoms with Crippen molar-refractivity contribution < 1.29 is 4.79 Å². The molecule has 0 atom stereocenters. The summed E-state index contributed by atoms with van der Waals surface area (Å²) >= 11 is 0. The molecule has 0 amide bonds. The predicted molar refractivity (Wildman–Crippen MR) is 61.0 cm³/mol. The SMILES string of the molecule is CCCC(=O)c1cc2ccccc2cn1. The summed E-state index contributed by atoms with van der Waals surface area (Å²) in [6, 6.07) is 9.80. The van der Waals surface area contributed by atoms with E-state index >= 15 is 0 Å². The Kier molecular flexibility index (Phi) is 2.77. The van der Waals surface area contributed by atoms with Gasteiger partial charge in [0.05, 0.1) is 0 Å². The molecule has 0 bridgehead atoms. The number of fused-ring (bicyclic) bond motifs is 1. The lowest BCUT2D eigenvalue weighted by molar-refractivity contribution is 0.0977. The molecule has 0 unspecified atom stereocenters. The number of hydrogen-bond donors (Lipinski definition) is 0. The molecule has 0 N–H and O–H groups in total. The zero-order valence-electron chi connectivity index (χ0n) is 8.73. The summed E-state index contributed by atoms with van der Waals surface area (Å²) in [6.45, 7) is 2.00. The van der Waals surface area contributed by atoms with Gasteiger partial charge < -0.3 is 0 Å². The third-order valence-corrected chi connectivity index (χ3v) is 2.39. The molecule has 2 rings (SSSR count). The van der Waals surface area contributed by atoms with Crippen LogP contribution < -0.4 is 0 Å².